The van der Waals surface area contributed by atoms with Gasteiger partial charge in [-0.1, -0.05) is 33.2 Å². The number of carbonyl (C=O) groups excluding carboxylic acids is 1. The summed E-state index contributed by atoms with van der Waals surface area (Å²) < 4.78 is 19.7. The molecule has 1 aliphatic heterocycles. The largest absolute Gasteiger partial charge is 0.342 e. The second-order valence-corrected chi connectivity index (χ2v) is 9.01. The normalized spacial score (nSPS) is 23.4. The van der Waals surface area contributed by atoms with Crippen molar-refractivity contribution in [2.24, 2.45) is 5.92 Å². The lowest BCUT2D eigenvalue weighted by Crippen LogP contribution is -2.40. The van der Waals surface area contributed by atoms with E-state index >= 15 is 0 Å². The van der Waals surface area contributed by atoms with Crippen LogP contribution >= 0.6 is 15.9 Å². The Hall–Kier alpha value is -2.54. The number of hydrogen-bond donors (Lipinski definition) is 0. The number of piperidine rings is 1. The molecular formula is C23H21BrFN3O2. The Labute approximate surface area is 182 Å². The van der Waals surface area contributed by atoms with Crippen molar-refractivity contribution in [2.75, 3.05) is 13.1 Å². The molecule has 1 aromatic heterocycles. The summed E-state index contributed by atoms with van der Waals surface area (Å²) in [7, 11) is 0. The molecule has 2 aliphatic rings. The zero-order valence-corrected chi connectivity index (χ0v) is 17.9. The molecule has 1 aliphatic carbocycles. The fraction of sp³-hybridized carbons (Fsp3) is 0.348. The first-order valence-corrected chi connectivity index (χ1v) is 11.0. The summed E-state index contributed by atoms with van der Waals surface area (Å²) in [6, 6.07) is 14.2. The van der Waals surface area contributed by atoms with Gasteiger partial charge in [-0.05, 0) is 67.1 Å². The summed E-state index contributed by atoms with van der Waals surface area (Å²) in [5.41, 5.74) is 1.93. The SMILES string of the molecule is O=C(C1CC1c1cccc(Br)c1)N1CCCC(c2nc(-c3ccc(F)cc3)no2)C1. The number of rotatable bonds is 4. The molecule has 2 aromatic carbocycles. The van der Waals surface area contributed by atoms with Crippen LogP contribution in [0.5, 0.6) is 0 Å². The van der Waals surface area contributed by atoms with E-state index in [9.17, 15) is 9.18 Å². The minimum atomic E-state index is -0.301. The van der Waals surface area contributed by atoms with Gasteiger partial charge in [0.05, 0.1) is 5.92 Å². The predicted octanol–water partition coefficient (Wildman–Crippen LogP) is 5.15. The fourth-order valence-corrected chi connectivity index (χ4v) is 4.72. The molecule has 0 N–H and O–H groups in total. The molecule has 1 saturated carbocycles. The Morgan fingerprint density at radius 1 is 1.20 bits per heavy atom. The van der Waals surface area contributed by atoms with Gasteiger partial charge in [-0.2, -0.15) is 4.98 Å². The third-order valence-electron chi connectivity index (χ3n) is 6.01. The summed E-state index contributed by atoms with van der Waals surface area (Å²) in [6.07, 6.45) is 2.74. The molecule has 5 rings (SSSR count). The fourth-order valence-electron chi connectivity index (χ4n) is 4.30. The molecule has 0 bridgehead atoms. The first-order valence-electron chi connectivity index (χ1n) is 10.2. The monoisotopic (exact) mass is 469 g/mol. The van der Waals surface area contributed by atoms with E-state index in [1.165, 1.54) is 17.7 Å². The first-order chi connectivity index (χ1) is 14.6. The van der Waals surface area contributed by atoms with Crippen molar-refractivity contribution in [1.29, 1.82) is 0 Å². The van der Waals surface area contributed by atoms with E-state index in [2.05, 4.69) is 38.2 Å². The molecule has 154 valence electrons. The summed E-state index contributed by atoms with van der Waals surface area (Å²) in [5, 5.41) is 4.05. The van der Waals surface area contributed by atoms with E-state index in [0.29, 0.717) is 29.7 Å². The molecule has 3 atom stereocenters. The molecule has 2 heterocycles. The average Bonchev–Trinajstić information content (AvgIpc) is 3.42. The minimum absolute atomic E-state index is 0.0347. The molecule has 1 amide bonds. The zero-order chi connectivity index (χ0) is 20.7. The second kappa shape index (κ2) is 7.95. The summed E-state index contributed by atoms with van der Waals surface area (Å²) in [6.45, 7) is 1.38. The number of benzene rings is 2. The summed E-state index contributed by atoms with van der Waals surface area (Å²) >= 11 is 3.51. The van der Waals surface area contributed by atoms with Crippen LogP contribution in [-0.4, -0.2) is 34.0 Å². The van der Waals surface area contributed by atoms with Crippen LogP contribution in [-0.2, 0) is 4.79 Å². The number of amides is 1. The number of nitrogens with zero attached hydrogens (tertiary/aromatic N) is 3. The van der Waals surface area contributed by atoms with E-state index in [4.69, 9.17) is 4.52 Å². The van der Waals surface area contributed by atoms with E-state index < -0.39 is 0 Å². The smallest absolute Gasteiger partial charge is 0.231 e. The lowest BCUT2D eigenvalue weighted by molar-refractivity contribution is -0.134. The maximum Gasteiger partial charge on any atom is 0.231 e. The molecule has 30 heavy (non-hydrogen) atoms. The third-order valence-corrected chi connectivity index (χ3v) is 6.50. The molecule has 7 heteroatoms. The van der Waals surface area contributed by atoms with Gasteiger partial charge in [0.25, 0.3) is 0 Å². The highest BCUT2D eigenvalue weighted by atomic mass is 79.9. The molecule has 3 aromatic rings. The van der Waals surface area contributed by atoms with Gasteiger partial charge in [0.1, 0.15) is 5.82 Å². The maximum atomic E-state index is 13.1. The highest BCUT2D eigenvalue weighted by molar-refractivity contribution is 9.10. The topological polar surface area (TPSA) is 59.2 Å². The molecule has 1 saturated heterocycles. The van der Waals surface area contributed by atoms with Gasteiger partial charge in [0.15, 0.2) is 0 Å². The van der Waals surface area contributed by atoms with Gasteiger partial charge in [0, 0.05) is 29.0 Å². The molecule has 5 nitrogen and oxygen atoms in total. The quantitative estimate of drug-likeness (QED) is 0.530. The van der Waals surface area contributed by atoms with Crippen LogP contribution in [0.1, 0.15) is 42.6 Å². The molecule has 3 unspecified atom stereocenters. The summed E-state index contributed by atoms with van der Waals surface area (Å²) in [5.74, 6) is 1.33. The number of aromatic nitrogens is 2. The van der Waals surface area contributed by atoms with E-state index in [1.807, 2.05) is 17.0 Å². The Kier molecular flexibility index (Phi) is 5.15. The van der Waals surface area contributed by atoms with Crippen LogP contribution < -0.4 is 0 Å². The van der Waals surface area contributed by atoms with Crippen LogP contribution in [0.25, 0.3) is 11.4 Å². The lowest BCUT2D eigenvalue weighted by atomic mass is 9.97. The Morgan fingerprint density at radius 2 is 2.03 bits per heavy atom. The van der Waals surface area contributed by atoms with Crippen molar-refractivity contribution < 1.29 is 13.7 Å². The standard InChI is InChI=1S/C23H21BrFN3O2/c24-17-5-1-3-15(11-17)19-12-20(19)23(29)28-10-2-4-16(13-28)22-26-21(27-30-22)14-6-8-18(25)9-7-14/h1,3,5-9,11,16,19-20H,2,4,10,12-13H2. The Bertz CT molecular complexity index is 1070. The Morgan fingerprint density at radius 3 is 2.83 bits per heavy atom. The highest BCUT2D eigenvalue weighted by Crippen LogP contribution is 2.49. The molecule has 0 spiro atoms. The molecule has 0 radical (unpaired) electrons. The van der Waals surface area contributed by atoms with Crippen molar-refractivity contribution in [3.05, 3.63) is 70.3 Å². The van der Waals surface area contributed by atoms with Crippen molar-refractivity contribution in [1.82, 2.24) is 15.0 Å². The van der Waals surface area contributed by atoms with Crippen molar-refractivity contribution >= 4 is 21.8 Å². The van der Waals surface area contributed by atoms with Crippen LogP contribution in [0.3, 0.4) is 0 Å². The van der Waals surface area contributed by atoms with Gasteiger partial charge < -0.3 is 9.42 Å². The van der Waals surface area contributed by atoms with Crippen LogP contribution in [0.2, 0.25) is 0 Å². The van der Waals surface area contributed by atoms with Crippen LogP contribution in [0.4, 0.5) is 4.39 Å². The van der Waals surface area contributed by atoms with Crippen molar-refractivity contribution in [2.45, 2.75) is 31.1 Å². The molecular weight excluding hydrogens is 449 g/mol. The number of carbonyl (C=O) groups is 1. The van der Waals surface area contributed by atoms with E-state index in [1.54, 1.807) is 12.1 Å². The van der Waals surface area contributed by atoms with Gasteiger partial charge in [-0.15, -0.1) is 0 Å². The Balaban J connectivity index is 1.25. The first kappa shape index (κ1) is 19.4. The minimum Gasteiger partial charge on any atom is -0.342 e. The van der Waals surface area contributed by atoms with E-state index in [0.717, 1.165) is 30.3 Å². The van der Waals surface area contributed by atoms with E-state index in [-0.39, 0.29) is 23.6 Å². The molecule has 2 fully saturated rings. The average molecular weight is 470 g/mol. The lowest BCUT2D eigenvalue weighted by Gasteiger charge is -2.31. The second-order valence-electron chi connectivity index (χ2n) is 8.09. The van der Waals surface area contributed by atoms with Gasteiger partial charge in [0.2, 0.25) is 17.6 Å². The van der Waals surface area contributed by atoms with Crippen LogP contribution in [0, 0.1) is 11.7 Å². The van der Waals surface area contributed by atoms with Gasteiger partial charge in [-0.25, -0.2) is 4.39 Å². The zero-order valence-electron chi connectivity index (χ0n) is 16.3. The number of hydrogen-bond acceptors (Lipinski definition) is 4. The van der Waals surface area contributed by atoms with Gasteiger partial charge >= 0.3 is 0 Å². The van der Waals surface area contributed by atoms with Crippen molar-refractivity contribution in [3.8, 4) is 11.4 Å². The van der Waals surface area contributed by atoms with Gasteiger partial charge in [-0.3, -0.25) is 4.79 Å². The predicted molar refractivity (Wildman–Crippen MR) is 113 cm³/mol. The highest BCUT2D eigenvalue weighted by Gasteiger charge is 2.46. The number of halogens is 2. The number of likely N-dealkylation sites (tertiary alicyclic amines) is 1. The van der Waals surface area contributed by atoms with Crippen molar-refractivity contribution in [3.63, 3.8) is 0 Å². The third kappa shape index (κ3) is 3.90. The maximum absolute atomic E-state index is 13.1. The van der Waals surface area contributed by atoms with Crippen LogP contribution in [0.15, 0.2) is 57.5 Å². The summed E-state index contributed by atoms with van der Waals surface area (Å²) in [4.78, 5) is 19.6.